The Labute approximate surface area is 136 Å². The maximum absolute atomic E-state index is 12.4. The number of carboxylic acid groups (broad SMARTS) is 1. The Kier molecular flexibility index (Phi) is 5.84. The van der Waals surface area contributed by atoms with Crippen LogP contribution in [0.15, 0.2) is 24.3 Å². The minimum atomic E-state index is -0.839. The van der Waals surface area contributed by atoms with Crippen molar-refractivity contribution in [1.82, 2.24) is 10.2 Å². The summed E-state index contributed by atoms with van der Waals surface area (Å²) in [5, 5.41) is 12.0. The van der Waals surface area contributed by atoms with Crippen LogP contribution in [0.4, 0.5) is 4.79 Å². The number of urea groups is 1. The highest BCUT2D eigenvalue weighted by Gasteiger charge is 2.31. The Bertz CT molecular complexity index is 561. The number of likely N-dealkylation sites (tertiary alicyclic amines) is 1. The Balaban J connectivity index is 2.05. The van der Waals surface area contributed by atoms with Gasteiger partial charge in [-0.05, 0) is 25.8 Å². The van der Waals surface area contributed by atoms with Gasteiger partial charge in [-0.2, -0.15) is 0 Å². The molecule has 2 N–H and O–H groups in total. The standard InChI is InChI=1S/C17H24N2O4/c1-3-14(13-7-5-6-8-15(13)23-4-2)18-17(22)19-10-9-12(11-19)16(20)21/h5-8,12,14H,3-4,9-11H2,1-2H3,(H,18,22)(H,20,21). The Morgan fingerprint density at radius 3 is 2.74 bits per heavy atom. The number of nitrogens with zero attached hydrogens (tertiary/aromatic N) is 1. The molecule has 0 radical (unpaired) electrons. The lowest BCUT2D eigenvalue weighted by Crippen LogP contribution is -2.40. The lowest BCUT2D eigenvalue weighted by atomic mass is 10.0. The fourth-order valence-corrected chi connectivity index (χ4v) is 2.84. The van der Waals surface area contributed by atoms with Gasteiger partial charge in [-0.1, -0.05) is 25.1 Å². The second-order valence-corrected chi connectivity index (χ2v) is 5.65. The van der Waals surface area contributed by atoms with E-state index in [9.17, 15) is 9.59 Å². The SMILES string of the molecule is CCOc1ccccc1C(CC)NC(=O)N1CCC(C(=O)O)C1. The number of rotatable bonds is 6. The number of carbonyl (C=O) groups excluding carboxylic acids is 1. The summed E-state index contributed by atoms with van der Waals surface area (Å²) in [5.41, 5.74) is 0.944. The van der Waals surface area contributed by atoms with Crippen LogP contribution in [0.2, 0.25) is 0 Å². The van der Waals surface area contributed by atoms with Gasteiger partial charge in [0.05, 0.1) is 18.6 Å². The van der Waals surface area contributed by atoms with Crippen molar-refractivity contribution in [3.8, 4) is 5.75 Å². The summed E-state index contributed by atoms with van der Waals surface area (Å²) in [6, 6.07) is 7.29. The van der Waals surface area contributed by atoms with Gasteiger partial charge in [0.2, 0.25) is 0 Å². The first-order valence-electron chi connectivity index (χ1n) is 8.06. The summed E-state index contributed by atoms with van der Waals surface area (Å²) < 4.78 is 5.63. The van der Waals surface area contributed by atoms with E-state index in [1.807, 2.05) is 38.1 Å². The summed E-state index contributed by atoms with van der Waals surface area (Å²) in [4.78, 5) is 25.0. The molecule has 0 aliphatic carbocycles. The second kappa shape index (κ2) is 7.85. The van der Waals surface area contributed by atoms with Crippen LogP contribution < -0.4 is 10.1 Å². The van der Waals surface area contributed by atoms with Gasteiger partial charge in [-0.3, -0.25) is 4.79 Å². The summed E-state index contributed by atoms with van der Waals surface area (Å²) in [5.74, 6) is -0.530. The predicted octanol–water partition coefficient (Wildman–Crippen LogP) is 2.65. The van der Waals surface area contributed by atoms with Gasteiger partial charge in [-0.25, -0.2) is 4.79 Å². The maximum atomic E-state index is 12.4. The molecule has 2 rings (SSSR count). The summed E-state index contributed by atoms with van der Waals surface area (Å²) >= 11 is 0. The van der Waals surface area contributed by atoms with Crippen LogP contribution in [-0.4, -0.2) is 41.7 Å². The lowest BCUT2D eigenvalue weighted by molar-refractivity contribution is -0.141. The zero-order valence-corrected chi connectivity index (χ0v) is 13.6. The Hall–Kier alpha value is -2.24. The number of carboxylic acids is 1. The number of amides is 2. The van der Waals surface area contributed by atoms with Gasteiger partial charge in [0.25, 0.3) is 0 Å². The molecule has 0 spiro atoms. The third-order valence-corrected chi connectivity index (χ3v) is 4.12. The molecule has 1 aliphatic heterocycles. The largest absolute Gasteiger partial charge is 0.494 e. The fourth-order valence-electron chi connectivity index (χ4n) is 2.84. The minimum absolute atomic E-state index is 0.158. The van der Waals surface area contributed by atoms with E-state index in [0.29, 0.717) is 19.6 Å². The van der Waals surface area contributed by atoms with Crippen molar-refractivity contribution in [2.75, 3.05) is 19.7 Å². The number of para-hydroxylation sites is 1. The van der Waals surface area contributed by atoms with E-state index in [-0.39, 0.29) is 18.6 Å². The first-order chi connectivity index (χ1) is 11.1. The molecule has 6 heteroatoms. The third-order valence-electron chi connectivity index (χ3n) is 4.12. The van der Waals surface area contributed by atoms with Gasteiger partial charge in [0.15, 0.2) is 0 Å². The molecule has 23 heavy (non-hydrogen) atoms. The Morgan fingerprint density at radius 1 is 1.39 bits per heavy atom. The molecule has 2 amide bonds. The van der Waals surface area contributed by atoms with E-state index in [1.54, 1.807) is 4.90 Å². The first-order valence-corrected chi connectivity index (χ1v) is 8.06. The highest BCUT2D eigenvalue weighted by Crippen LogP contribution is 2.28. The Morgan fingerprint density at radius 2 is 2.13 bits per heavy atom. The molecule has 1 aromatic carbocycles. The lowest BCUT2D eigenvalue weighted by Gasteiger charge is -2.24. The molecule has 1 fully saturated rings. The molecular weight excluding hydrogens is 296 g/mol. The van der Waals surface area contributed by atoms with E-state index in [4.69, 9.17) is 9.84 Å². The second-order valence-electron chi connectivity index (χ2n) is 5.65. The molecule has 1 aromatic rings. The highest BCUT2D eigenvalue weighted by molar-refractivity contribution is 5.77. The first kappa shape index (κ1) is 17.1. The van der Waals surface area contributed by atoms with Crippen LogP contribution in [0.25, 0.3) is 0 Å². The van der Waals surface area contributed by atoms with Crippen LogP contribution in [0.3, 0.4) is 0 Å². The highest BCUT2D eigenvalue weighted by atomic mass is 16.5. The van der Waals surface area contributed by atoms with Crippen molar-refractivity contribution >= 4 is 12.0 Å². The van der Waals surface area contributed by atoms with Gasteiger partial charge in [0, 0.05) is 18.7 Å². The zero-order chi connectivity index (χ0) is 16.8. The molecular formula is C17H24N2O4. The van der Waals surface area contributed by atoms with E-state index >= 15 is 0 Å². The van der Waals surface area contributed by atoms with Crippen molar-refractivity contribution in [1.29, 1.82) is 0 Å². The zero-order valence-electron chi connectivity index (χ0n) is 13.6. The number of nitrogens with one attached hydrogen (secondary N) is 1. The van der Waals surface area contributed by atoms with E-state index in [1.165, 1.54) is 0 Å². The van der Waals surface area contributed by atoms with E-state index < -0.39 is 11.9 Å². The number of ether oxygens (including phenoxy) is 1. The molecule has 1 saturated heterocycles. The molecule has 6 nitrogen and oxygen atoms in total. The number of benzene rings is 1. The van der Waals surface area contributed by atoms with Crippen molar-refractivity contribution in [3.05, 3.63) is 29.8 Å². The molecule has 1 aliphatic rings. The smallest absolute Gasteiger partial charge is 0.317 e. The van der Waals surface area contributed by atoms with E-state index in [2.05, 4.69) is 5.32 Å². The van der Waals surface area contributed by atoms with Crippen molar-refractivity contribution in [2.45, 2.75) is 32.7 Å². The third kappa shape index (κ3) is 4.15. The molecule has 2 unspecified atom stereocenters. The van der Waals surface area contributed by atoms with Crippen LogP contribution >= 0.6 is 0 Å². The number of hydrogen-bond donors (Lipinski definition) is 2. The van der Waals surface area contributed by atoms with Crippen LogP contribution in [0.1, 0.15) is 38.3 Å². The van der Waals surface area contributed by atoms with Gasteiger partial charge in [0.1, 0.15) is 5.75 Å². The maximum Gasteiger partial charge on any atom is 0.317 e. The quantitative estimate of drug-likeness (QED) is 0.844. The fraction of sp³-hybridized carbons (Fsp3) is 0.529. The number of aliphatic carboxylic acids is 1. The van der Waals surface area contributed by atoms with Crippen LogP contribution in [-0.2, 0) is 4.79 Å². The van der Waals surface area contributed by atoms with Gasteiger partial charge >= 0.3 is 12.0 Å². The van der Waals surface area contributed by atoms with Crippen molar-refractivity contribution in [3.63, 3.8) is 0 Å². The van der Waals surface area contributed by atoms with Gasteiger partial charge < -0.3 is 20.1 Å². The summed E-state index contributed by atoms with van der Waals surface area (Å²) in [7, 11) is 0. The molecule has 0 saturated carbocycles. The minimum Gasteiger partial charge on any atom is -0.494 e. The van der Waals surface area contributed by atoms with Crippen molar-refractivity contribution < 1.29 is 19.4 Å². The molecule has 1 heterocycles. The summed E-state index contributed by atoms with van der Waals surface area (Å²) in [6.07, 6.45) is 1.24. The van der Waals surface area contributed by atoms with Crippen LogP contribution in [0, 0.1) is 5.92 Å². The van der Waals surface area contributed by atoms with Crippen molar-refractivity contribution in [2.24, 2.45) is 5.92 Å². The van der Waals surface area contributed by atoms with E-state index in [0.717, 1.165) is 17.7 Å². The summed E-state index contributed by atoms with van der Waals surface area (Å²) in [6.45, 7) is 5.23. The predicted molar refractivity (Wildman–Crippen MR) is 86.5 cm³/mol. The van der Waals surface area contributed by atoms with Gasteiger partial charge in [-0.15, -0.1) is 0 Å². The average molecular weight is 320 g/mol. The number of hydrogen-bond acceptors (Lipinski definition) is 3. The number of carbonyl (C=O) groups is 2. The molecule has 0 bridgehead atoms. The molecule has 126 valence electrons. The monoisotopic (exact) mass is 320 g/mol. The average Bonchev–Trinajstić information content (AvgIpc) is 3.04. The topological polar surface area (TPSA) is 78.9 Å². The molecule has 2 atom stereocenters. The van der Waals surface area contributed by atoms with Crippen LogP contribution in [0.5, 0.6) is 5.75 Å². The normalized spacial score (nSPS) is 18.5. The molecule has 0 aromatic heterocycles.